The van der Waals surface area contributed by atoms with Gasteiger partial charge in [0.15, 0.2) is 0 Å². The van der Waals surface area contributed by atoms with Crippen molar-refractivity contribution < 1.29 is 0 Å². The summed E-state index contributed by atoms with van der Waals surface area (Å²) in [6.45, 7) is 1.06. The zero-order valence-electron chi connectivity index (χ0n) is 12.0. The van der Waals surface area contributed by atoms with Gasteiger partial charge in [-0.25, -0.2) is 4.98 Å². The number of nitrogens with two attached hydrogens (primary N) is 1. The highest BCUT2D eigenvalue weighted by molar-refractivity contribution is 5.90. The first kappa shape index (κ1) is 13.2. The third kappa shape index (κ3) is 2.69. The Kier molecular flexibility index (Phi) is 3.72. The number of aromatic nitrogens is 2. The molecule has 1 fully saturated rings. The molecule has 106 valence electrons. The molecule has 1 heterocycles. The summed E-state index contributed by atoms with van der Waals surface area (Å²) in [5.74, 6) is 2.09. The van der Waals surface area contributed by atoms with E-state index in [1.807, 2.05) is 18.2 Å². The fourth-order valence-corrected chi connectivity index (χ4v) is 3.21. The number of fused-ring (bicyclic) bond motifs is 1. The molecule has 3 rings (SSSR count). The molecular formula is C16H22N4. The minimum absolute atomic E-state index is 0.356. The Bertz CT molecular complexity index is 590. The Morgan fingerprint density at radius 3 is 2.70 bits per heavy atom. The first-order chi connectivity index (χ1) is 9.74. The second-order valence-electron chi connectivity index (χ2n) is 5.81. The van der Waals surface area contributed by atoms with Crippen molar-refractivity contribution in [2.24, 2.45) is 5.92 Å². The molecule has 4 nitrogen and oxygen atoms in total. The lowest BCUT2D eigenvalue weighted by Crippen LogP contribution is -2.28. The number of anilines is 2. The minimum Gasteiger partial charge on any atom is -0.368 e. The molecule has 1 aromatic carbocycles. The van der Waals surface area contributed by atoms with Gasteiger partial charge in [-0.3, -0.25) is 0 Å². The van der Waals surface area contributed by atoms with Gasteiger partial charge in [0, 0.05) is 19.0 Å². The summed E-state index contributed by atoms with van der Waals surface area (Å²) in [6.07, 6.45) is 6.80. The zero-order valence-corrected chi connectivity index (χ0v) is 12.0. The number of hydrogen-bond acceptors (Lipinski definition) is 4. The van der Waals surface area contributed by atoms with Gasteiger partial charge in [0.1, 0.15) is 5.82 Å². The van der Waals surface area contributed by atoms with E-state index in [4.69, 9.17) is 5.73 Å². The second kappa shape index (κ2) is 5.65. The molecule has 0 aliphatic heterocycles. The Labute approximate surface area is 120 Å². The standard InChI is InChI=1S/C16H22N4/c1-20(11-12-7-3-2-4-8-12)15-13-9-5-6-10-14(13)18-16(17)19-15/h5-6,9-10,12H,2-4,7-8,11H2,1H3,(H2,17,18,19). The molecule has 0 saturated heterocycles. The average Bonchev–Trinajstić information content (AvgIpc) is 2.47. The molecule has 0 radical (unpaired) electrons. The van der Waals surface area contributed by atoms with E-state index in [1.54, 1.807) is 0 Å². The van der Waals surface area contributed by atoms with E-state index in [-0.39, 0.29) is 0 Å². The smallest absolute Gasteiger partial charge is 0.222 e. The summed E-state index contributed by atoms with van der Waals surface area (Å²) in [5, 5.41) is 1.08. The average molecular weight is 270 g/mol. The Morgan fingerprint density at radius 1 is 1.15 bits per heavy atom. The zero-order chi connectivity index (χ0) is 13.9. The quantitative estimate of drug-likeness (QED) is 0.930. The third-order valence-electron chi connectivity index (χ3n) is 4.22. The lowest BCUT2D eigenvalue weighted by molar-refractivity contribution is 0.362. The van der Waals surface area contributed by atoms with Gasteiger partial charge in [-0.1, -0.05) is 31.4 Å². The first-order valence-corrected chi connectivity index (χ1v) is 7.47. The van der Waals surface area contributed by atoms with Crippen molar-refractivity contribution in [3.8, 4) is 0 Å². The van der Waals surface area contributed by atoms with Crippen LogP contribution >= 0.6 is 0 Å². The fourth-order valence-electron chi connectivity index (χ4n) is 3.21. The minimum atomic E-state index is 0.356. The third-order valence-corrected chi connectivity index (χ3v) is 4.22. The summed E-state index contributed by atoms with van der Waals surface area (Å²) in [6, 6.07) is 8.08. The van der Waals surface area contributed by atoms with Crippen LogP contribution in [0.3, 0.4) is 0 Å². The van der Waals surface area contributed by atoms with E-state index in [1.165, 1.54) is 32.1 Å². The van der Waals surface area contributed by atoms with E-state index in [2.05, 4.69) is 28.0 Å². The topological polar surface area (TPSA) is 55.0 Å². The molecule has 1 saturated carbocycles. The van der Waals surface area contributed by atoms with Gasteiger partial charge in [0.25, 0.3) is 0 Å². The number of hydrogen-bond donors (Lipinski definition) is 1. The lowest BCUT2D eigenvalue weighted by atomic mass is 9.89. The molecular weight excluding hydrogens is 248 g/mol. The fraction of sp³-hybridized carbons (Fsp3) is 0.500. The molecule has 20 heavy (non-hydrogen) atoms. The van der Waals surface area contributed by atoms with Crippen molar-refractivity contribution >= 4 is 22.7 Å². The normalized spacial score (nSPS) is 16.4. The number of rotatable bonds is 3. The van der Waals surface area contributed by atoms with Crippen LogP contribution in [-0.4, -0.2) is 23.6 Å². The van der Waals surface area contributed by atoms with Crippen molar-refractivity contribution in [1.82, 2.24) is 9.97 Å². The van der Waals surface area contributed by atoms with E-state index in [9.17, 15) is 0 Å². The summed E-state index contributed by atoms with van der Waals surface area (Å²) >= 11 is 0. The molecule has 0 bridgehead atoms. The predicted molar refractivity (Wildman–Crippen MR) is 83.8 cm³/mol. The van der Waals surface area contributed by atoms with E-state index in [0.717, 1.165) is 29.2 Å². The van der Waals surface area contributed by atoms with Gasteiger partial charge >= 0.3 is 0 Å². The molecule has 2 aromatic rings. The Morgan fingerprint density at radius 2 is 1.90 bits per heavy atom. The monoisotopic (exact) mass is 270 g/mol. The molecule has 0 unspecified atom stereocenters. The summed E-state index contributed by atoms with van der Waals surface area (Å²) in [7, 11) is 2.11. The SMILES string of the molecule is CN(CC1CCCCC1)c1nc(N)nc2ccccc12. The highest BCUT2D eigenvalue weighted by Crippen LogP contribution is 2.28. The summed E-state index contributed by atoms with van der Waals surface area (Å²) in [5.41, 5.74) is 6.77. The van der Waals surface area contributed by atoms with Crippen LogP contribution in [0.15, 0.2) is 24.3 Å². The molecule has 0 amide bonds. The molecule has 0 atom stereocenters. The maximum absolute atomic E-state index is 5.85. The number of nitrogen functional groups attached to an aromatic ring is 1. The maximum atomic E-state index is 5.85. The maximum Gasteiger partial charge on any atom is 0.222 e. The van der Waals surface area contributed by atoms with Gasteiger partial charge in [-0.05, 0) is 30.9 Å². The van der Waals surface area contributed by atoms with E-state index >= 15 is 0 Å². The number of nitrogens with zero attached hydrogens (tertiary/aromatic N) is 3. The Hall–Kier alpha value is -1.84. The van der Waals surface area contributed by atoms with Crippen LogP contribution in [0.5, 0.6) is 0 Å². The second-order valence-corrected chi connectivity index (χ2v) is 5.81. The predicted octanol–water partition coefficient (Wildman–Crippen LogP) is 3.23. The van der Waals surface area contributed by atoms with Crippen molar-refractivity contribution in [1.29, 1.82) is 0 Å². The first-order valence-electron chi connectivity index (χ1n) is 7.47. The molecule has 4 heteroatoms. The van der Waals surface area contributed by atoms with E-state index in [0.29, 0.717) is 5.95 Å². The molecule has 2 N–H and O–H groups in total. The van der Waals surface area contributed by atoms with Gasteiger partial charge in [0.2, 0.25) is 5.95 Å². The summed E-state index contributed by atoms with van der Waals surface area (Å²) < 4.78 is 0. The van der Waals surface area contributed by atoms with Gasteiger partial charge in [-0.2, -0.15) is 4.98 Å². The van der Waals surface area contributed by atoms with Gasteiger partial charge in [0.05, 0.1) is 5.52 Å². The molecule has 1 aromatic heterocycles. The van der Waals surface area contributed by atoms with Crippen molar-refractivity contribution in [2.75, 3.05) is 24.2 Å². The van der Waals surface area contributed by atoms with Gasteiger partial charge < -0.3 is 10.6 Å². The summed E-state index contributed by atoms with van der Waals surface area (Å²) in [4.78, 5) is 11.0. The molecule has 0 spiro atoms. The van der Waals surface area contributed by atoms with Crippen LogP contribution in [-0.2, 0) is 0 Å². The number of benzene rings is 1. The lowest BCUT2D eigenvalue weighted by Gasteiger charge is -2.28. The van der Waals surface area contributed by atoms with Crippen molar-refractivity contribution in [2.45, 2.75) is 32.1 Å². The highest BCUT2D eigenvalue weighted by atomic mass is 15.2. The Balaban J connectivity index is 1.88. The van der Waals surface area contributed by atoms with Crippen molar-refractivity contribution in [3.05, 3.63) is 24.3 Å². The van der Waals surface area contributed by atoms with Crippen LogP contribution in [0.1, 0.15) is 32.1 Å². The number of para-hydroxylation sites is 1. The van der Waals surface area contributed by atoms with Gasteiger partial charge in [-0.15, -0.1) is 0 Å². The van der Waals surface area contributed by atoms with Crippen LogP contribution in [0.4, 0.5) is 11.8 Å². The van der Waals surface area contributed by atoms with Crippen LogP contribution < -0.4 is 10.6 Å². The van der Waals surface area contributed by atoms with Crippen LogP contribution in [0.25, 0.3) is 10.9 Å². The van der Waals surface area contributed by atoms with Crippen LogP contribution in [0.2, 0.25) is 0 Å². The van der Waals surface area contributed by atoms with E-state index < -0.39 is 0 Å². The highest BCUT2D eigenvalue weighted by Gasteiger charge is 2.18. The molecule has 1 aliphatic rings. The van der Waals surface area contributed by atoms with Crippen LogP contribution in [0, 0.1) is 5.92 Å². The largest absolute Gasteiger partial charge is 0.368 e. The molecule has 1 aliphatic carbocycles. The van der Waals surface area contributed by atoms with Crippen molar-refractivity contribution in [3.63, 3.8) is 0 Å².